The zero-order valence-electron chi connectivity index (χ0n) is 74.1. The molecule has 6 aromatic carbocycles. The lowest BCUT2D eigenvalue weighted by molar-refractivity contribution is -0.151. The number of aromatic hydroxyl groups is 2. The summed E-state index contributed by atoms with van der Waals surface area (Å²) in [6.07, 6.45) is 2.40. The summed E-state index contributed by atoms with van der Waals surface area (Å²) < 4.78 is 0. The van der Waals surface area contributed by atoms with Crippen LogP contribution in [0.5, 0.6) is 11.5 Å². The van der Waals surface area contributed by atoms with E-state index in [9.17, 15) is 48.9 Å². The molecule has 37 nitrogen and oxygen atoms in total. The zero-order valence-corrected chi connectivity index (χ0v) is 74.9. The molecule has 1 unspecified atom stereocenters. The molecule has 15 amide bonds. The van der Waals surface area contributed by atoms with E-state index in [4.69, 9.17) is 5.73 Å². The lowest BCUT2D eigenvalue weighted by Gasteiger charge is -2.37. The maximum Gasteiger partial charge on any atom is 0.305 e. The first-order valence-corrected chi connectivity index (χ1v) is 44.0. The number of para-hydroxylation sites is 1. The third-order valence-corrected chi connectivity index (χ3v) is 23.4. The summed E-state index contributed by atoms with van der Waals surface area (Å²) in [7, 11) is 6.51. The number of thioether (sulfide) groups is 1. The number of nitrogens with one attached hydrogen (secondary N) is 11. The summed E-state index contributed by atoms with van der Waals surface area (Å²) in [4.78, 5) is 251. The Bertz CT molecular complexity index is 5300. The predicted molar refractivity (Wildman–Crippen MR) is 485 cm³/mol. The summed E-state index contributed by atoms with van der Waals surface area (Å²) in [6, 6.07) is 26.7. The van der Waals surface area contributed by atoms with Crippen molar-refractivity contribution in [3.8, 4) is 11.5 Å². The number of rotatable bonds is 23. The van der Waals surface area contributed by atoms with Crippen LogP contribution in [0.3, 0.4) is 0 Å². The summed E-state index contributed by atoms with van der Waals surface area (Å²) >= 11 is 0.803. The molecule has 11 atom stereocenters. The number of aromatic amines is 2. The molecule has 2 aromatic heterocycles. The second kappa shape index (κ2) is 48.6. The molecule has 0 aliphatic carbocycles. The number of phenolic OH excluding ortho intramolecular Hbond substituents is 2. The van der Waals surface area contributed by atoms with Gasteiger partial charge in [-0.1, -0.05) is 167 Å². The number of unbranched alkanes of at least 4 members (excludes halogenated alkanes) is 1. The fraction of sp³-hybridized carbons (Fsp3) is 0.387. The predicted octanol–water partition coefficient (Wildman–Crippen LogP) is 1.25. The number of amides is 15. The summed E-state index contributed by atoms with van der Waals surface area (Å²) in [5, 5.41) is 55.5. The van der Waals surface area contributed by atoms with Crippen molar-refractivity contribution in [1.29, 1.82) is 0 Å². The number of nitrogens with zero attached hydrogens (tertiary/aromatic N) is 6. The molecule has 0 spiro atoms. The second-order valence-electron chi connectivity index (χ2n) is 32.7. The molecule has 9 rings (SSSR count). The smallest absolute Gasteiger partial charge is 0.305 e. The number of carboxylic acid groups (broad SMARTS) is 1. The fourth-order valence-corrected chi connectivity index (χ4v) is 15.9. The van der Waals surface area contributed by atoms with Gasteiger partial charge in [0.05, 0.1) is 43.8 Å². The molecule has 8 aromatic rings. The molecule has 696 valence electrons. The number of carbonyl (C=O) groups excluding carboxylic acids is 15. The van der Waals surface area contributed by atoms with Gasteiger partial charge in [-0.3, -0.25) is 76.7 Å². The minimum atomic E-state index is -1.91. The van der Waals surface area contributed by atoms with Crippen molar-refractivity contribution in [2.75, 3.05) is 66.4 Å². The molecule has 3 heterocycles. The van der Waals surface area contributed by atoms with Gasteiger partial charge in [0.1, 0.15) is 78.0 Å². The number of aliphatic carboxylic acids is 1. The van der Waals surface area contributed by atoms with Crippen LogP contribution >= 0.6 is 11.8 Å². The SMILES string of the molecule is CCCC[C@H]1C(=O)N(C)CC(=O)N[C@@H](CC(=O)O)C(=O)N[C@@H](C(C)C)C(=O)N(C)[C@@H](Cc2ccccc2)C(=O)N[C@@H](Cc2ccc(O)cc2)C(=O)N(C)CC(=O)N[C@@H](Cc2c[nH]c3ccccc23)C(=O)NC(Cc2ccc(O)cc2)C(=O)N[C@@H](Cc2c[nH]cn2)C(=O)N[C@H](C(=O)NCC(N)=O)CSCC(=O)N[C@@H](Cc2ccccc2)C(=O)N(C)[C@@H](Cc2ccccc2)C(=O)N1C. The lowest BCUT2D eigenvalue weighted by Crippen LogP contribution is -2.61. The molecule has 131 heavy (non-hydrogen) atoms. The highest BCUT2D eigenvalue weighted by molar-refractivity contribution is 8.00. The molecule has 16 N–H and O–H groups in total. The number of primary amides is 1. The van der Waals surface area contributed by atoms with Crippen molar-refractivity contribution in [2.24, 2.45) is 11.7 Å². The van der Waals surface area contributed by atoms with E-state index in [2.05, 4.69) is 62.8 Å². The van der Waals surface area contributed by atoms with Gasteiger partial charge in [-0.25, -0.2) is 4.98 Å². The second-order valence-corrected chi connectivity index (χ2v) is 33.7. The quantitative estimate of drug-likeness (QED) is 0.0428. The van der Waals surface area contributed by atoms with E-state index in [1.54, 1.807) is 135 Å². The molecule has 0 saturated carbocycles. The molecule has 0 radical (unpaired) electrons. The highest BCUT2D eigenvalue weighted by Crippen LogP contribution is 2.25. The minimum Gasteiger partial charge on any atom is -0.508 e. The van der Waals surface area contributed by atoms with Gasteiger partial charge < -0.3 is 103 Å². The van der Waals surface area contributed by atoms with E-state index >= 15 is 43.2 Å². The molecule has 38 heteroatoms. The number of phenols is 2. The number of aromatic nitrogens is 3. The van der Waals surface area contributed by atoms with Crippen LogP contribution in [0, 0.1) is 5.92 Å². The normalized spacial score (nSPS) is 21.7. The zero-order chi connectivity index (χ0) is 95.1. The maximum atomic E-state index is 15.5. The van der Waals surface area contributed by atoms with Crippen molar-refractivity contribution < 1.29 is 92.0 Å². The van der Waals surface area contributed by atoms with Crippen LogP contribution in [-0.2, 0) is 122 Å². The highest BCUT2D eigenvalue weighted by Gasteiger charge is 2.42. The Kier molecular flexibility index (Phi) is 37.2. The van der Waals surface area contributed by atoms with Gasteiger partial charge in [0.15, 0.2) is 0 Å². The number of nitrogens with two attached hydrogens (primary N) is 1. The first-order valence-electron chi connectivity index (χ1n) is 42.8. The Hall–Kier alpha value is -14.5. The molecule has 1 aliphatic heterocycles. The molecular weight excluding hydrogens is 1710 g/mol. The van der Waals surface area contributed by atoms with E-state index in [1.165, 1.54) is 96.3 Å². The third-order valence-electron chi connectivity index (χ3n) is 22.3. The van der Waals surface area contributed by atoms with E-state index in [0.717, 1.165) is 36.3 Å². The standard InChI is InChI=1S/C93H114N18O19S/c1-9-10-30-74-91(128)108(5)51-79(116)100-70(46-81(118)119)87(124)106-82(55(2)3)93(130)110(7)75(42-57-24-16-12-17-25-57)88(125)104-71(41-60-33-37-64(113)38-34-60)89(126)107(4)50-78(115)99-68(44-61-47-96-66-29-21-20-28-65(61)66)85(122)102-67(39-59-31-35-63(112)36-32-59)84(121)103-69(45-62-48-95-54-98-62)86(123)105-73(83(120)97-49-77(94)114)52-131-53-80(117)101-72(40-56-22-14-11-15-23-56)90(127)111(8)76(92(129)109(74)6)43-58-26-18-13-19-27-58/h11-29,31-38,47-48,54-55,67-76,82,96,112-113H,9-10,30,39-46,49-53H2,1-8H3,(H2,94,114)(H,95,98)(H,97,120)(H,99,115)(H,100,116)(H,101,117)(H,102,122)(H,103,121)(H,104,125)(H,105,123)(H,106,124)(H,118,119)/t67?,68-,69-,70-,71-,72-,73-,74-,75-,76-,82-/m0/s1. The average Bonchev–Trinajstić information content (AvgIpc) is 1.53. The first kappa shape index (κ1) is 100. The number of fused-ring (bicyclic) bond motifs is 1. The van der Waals surface area contributed by atoms with Gasteiger partial charge >= 0.3 is 5.97 Å². The van der Waals surface area contributed by atoms with Crippen LogP contribution in [0.2, 0.25) is 0 Å². The third kappa shape index (κ3) is 29.8. The van der Waals surface area contributed by atoms with Crippen molar-refractivity contribution in [3.05, 3.63) is 222 Å². The number of H-pyrrole nitrogens is 2. The number of carbonyl (C=O) groups is 16. The van der Waals surface area contributed by atoms with Crippen LogP contribution in [0.4, 0.5) is 0 Å². The number of carboxylic acids is 1. The van der Waals surface area contributed by atoms with Gasteiger partial charge in [-0.2, -0.15) is 0 Å². The first-order chi connectivity index (χ1) is 62.5. The van der Waals surface area contributed by atoms with Crippen LogP contribution in [-0.4, -0.2) is 282 Å². The summed E-state index contributed by atoms with van der Waals surface area (Å²) in [6.45, 7) is 2.62. The summed E-state index contributed by atoms with van der Waals surface area (Å²) in [5.41, 5.74) is 9.24. The summed E-state index contributed by atoms with van der Waals surface area (Å²) in [5.74, 6) is -17.5. The minimum absolute atomic E-state index is 0.0231. The number of hydrogen-bond donors (Lipinski definition) is 15. The lowest BCUT2D eigenvalue weighted by atomic mass is 9.98. The Morgan fingerprint density at radius 2 is 0.931 bits per heavy atom. The van der Waals surface area contributed by atoms with Crippen LogP contribution in [0.1, 0.15) is 85.5 Å². The Labute approximate surface area is 761 Å². The number of likely N-dealkylation sites (N-methyl/N-ethyl adjacent to an activating group) is 5. The Morgan fingerprint density at radius 3 is 1.47 bits per heavy atom. The average molecular weight is 1820 g/mol. The molecule has 1 aliphatic rings. The molecule has 1 saturated heterocycles. The van der Waals surface area contributed by atoms with Crippen molar-refractivity contribution >= 4 is 117 Å². The Morgan fingerprint density at radius 1 is 0.473 bits per heavy atom. The fourth-order valence-electron chi connectivity index (χ4n) is 15.1. The monoisotopic (exact) mass is 1820 g/mol. The Balaban J connectivity index is 1.12. The maximum absolute atomic E-state index is 15.5. The molecule has 1 fully saturated rings. The van der Waals surface area contributed by atoms with Crippen molar-refractivity contribution in [2.45, 2.75) is 158 Å². The van der Waals surface area contributed by atoms with Gasteiger partial charge in [0.25, 0.3) is 0 Å². The molecule has 0 bridgehead atoms. The van der Waals surface area contributed by atoms with Crippen molar-refractivity contribution in [3.63, 3.8) is 0 Å². The van der Waals surface area contributed by atoms with Crippen LogP contribution in [0.25, 0.3) is 10.9 Å². The van der Waals surface area contributed by atoms with Gasteiger partial charge in [-0.05, 0) is 76.1 Å². The number of imidazole rings is 1. The van der Waals surface area contributed by atoms with Crippen LogP contribution in [0.15, 0.2) is 183 Å². The van der Waals surface area contributed by atoms with Crippen LogP contribution < -0.4 is 53.6 Å². The largest absolute Gasteiger partial charge is 0.508 e. The highest BCUT2D eigenvalue weighted by atomic mass is 32.2. The van der Waals surface area contributed by atoms with Gasteiger partial charge in [0, 0.05) is 109 Å². The topological polar surface area (TPSA) is 529 Å². The van der Waals surface area contributed by atoms with E-state index in [-0.39, 0.29) is 68.6 Å². The number of benzene rings is 6. The van der Waals surface area contributed by atoms with Gasteiger partial charge in [-0.15, -0.1) is 11.8 Å². The van der Waals surface area contributed by atoms with Crippen molar-refractivity contribution in [1.82, 2.24) is 87.3 Å². The van der Waals surface area contributed by atoms with E-state index in [1.807, 2.05) is 6.92 Å². The number of hydrogen-bond acceptors (Lipinski definition) is 20. The van der Waals surface area contributed by atoms with E-state index < -0.39 is 205 Å². The van der Waals surface area contributed by atoms with Gasteiger partial charge in [0.2, 0.25) is 88.6 Å². The molecular formula is C93H114N18O19S. The van der Waals surface area contributed by atoms with E-state index in [0.29, 0.717) is 57.1 Å².